The van der Waals surface area contributed by atoms with E-state index in [0.717, 1.165) is 0 Å². The minimum absolute atomic E-state index is 0.00878. The van der Waals surface area contributed by atoms with Crippen LogP contribution in [0.5, 0.6) is 0 Å². The smallest absolute Gasteiger partial charge is 0.360 e. The molecule has 0 bridgehead atoms. The lowest BCUT2D eigenvalue weighted by Crippen LogP contribution is -2.59. The fourth-order valence-electron chi connectivity index (χ4n) is 11.4. The van der Waals surface area contributed by atoms with Crippen LogP contribution in [0, 0.1) is 0 Å². The van der Waals surface area contributed by atoms with Crippen molar-refractivity contribution in [2.45, 2.75) is 131 Å². The zero-order valence-electron chi connectivity index (χ0n) is 43.0. The number of anilines is 8. The third-order valence-corrected chi connectivity index (χ3v) is 15.6. The molecule has 68 heavy (non-hydrogen) atoms. The summed E-state index contributed by atoms with van der Waals surface area (Å²) in [5, 5.41) is 0. The van der Waals surface area contributed by atoms with Crippen molar-refractivity contribution >= 4 is 70.4 Å². The van der Waals surface area contributed by atoms with Crippen LogP contribution in [0.2, 0.25) is 0 Å². The largest absolute Gasteiger partial charge is 0.421 e. The first-order chi connectivity index (χ1) is 32.3. The molecule has 11 rings (SSSR count). The summed E-state index contributed by atoms with van der Waals surface area (Å²) in [4.78, 5) is 10.6. The second-order valence-corrected chi connectivity index (χ2v) is 23.5. The van der Waals surface area contributed by atoms with E-state index >= 15 is 0 Å². The molecule has 0 radical (unpaired) electrons. The monoisotopic (exact) mass is 891 g/mol. The first kappa shape index (κ1) is 44.4. The second-order valence-electron chi connectivity index (χ2n) is 23.5. The van der Waals surface area contributed by atoms with Crippen molar-refractivity contribution in [3.63, 3.8) is 0 Å². The Bertz CT molecular complexity index is 2920. The van der Waals surface area contributed by atoms with Crippen molar-refractivity contribution in [1.82, 2.24) is 0 Å². The molecule has 4 heterocycles. The average molecular weight is 891 g/mol. The summed E-state index contributed by atoms with van der Waals surface area (Å²) in [6.45, 7) is 32.3. The molecule has 0 fully saturated rings. The summed E-state index contributed by atoms with van der Waals surface area (Å²) in [6, 6.07) is 53.2. The second kappa shape index (κ2) is 15.7. The molecule has 4 aliphatic rings. The zero-order chi connectivity index (χ0) is 47.9. The summed E-state index contributed by atoms with van der Waals surface area (Å²) in [5.74, 6) is 1.68. The Labute approximate surface area is 408 Å². The molecular weight excluding hydrogens is 822 g/mol. The van der Waals surface area contributed by atoms with Gasteiger partial charge in [-0.2, -0.15) is 0 Å². The fraction of sp³-hybridized carbons (Fsp3) is 0.323. The Morgan fingerprint density at radius 2 is 0.632 bits per heavy atom. The van der Waals surface area contributed by atoms with Crippen LogP contribution in [0.15, 0.2) is 133 Å². The molecule has 0 unspecified atom stereocenters. The van der Waals surface area contributed by atoms with Gasteiger partial charge < -0.3 is 19.2 Å². The predicted octanol–water partition coefficient (Wildman–Crippen LogP) is 16.1. The van der Waals surface area contributed by atoms with Gasteiger partial charge in [-0.25, -0.2) is 0 Å². The van der Waals surface area contributed by atoms with Gasteiger partial charge in [0.1, 0.15) is 0 Å². The molecule has 342 valence electrons. The Morgan fingerprint density at radius 1 is 0.309 bits per heavy atom. The van der Waals surface area contributed by atoms with E-state index < -0.39 is 0 Å². The lowest BCUT2D eigenvalue weighted by Gasteiger charge is -2.41. The van der Waals surface area contributed by atoms with E-state index in [4.69, 9.17) is 0 Å². The first-order valence-corrected chi connectivity index (χ1v) is 25.4. The molecule has 0 aromatic heterocycles. The maximum absolute atomic E-state index is 2.68. The number of hydrogen-bond donors (Lipinski definition) is 0. The van der Waals surface area contributed by atoms with Crippen LogP contribution in [0.1, 0.15) is 154 Å². The van der Waals surface area contributed by atoms with Crippen LogP contribution in [0.25, 0.3) is 22.3 Å². The van der Waals surface area contributed by atoms with Gasteiger partial charge >= 0.3 is 14.0 Å². The summed E-state index contributed by atoms with van der Waals surface area (Å²) >= 11 is 0. The topological polar surface area (TPSA) is 13.0 Å². The molecule has 0 saturated heterocycles. The highest BCUT2D eigenvalue weighted by Crippen LogP contribution is 2.56. The van der Waals surface area contributed by atoms with Gasteiger partial charge in [0.15, 0.2) is 0 Å². The van der Waals surface area contributed by atoms with E-state index in [-0.39, 0.29) is 24.8 Å². The highest BCUT2D eigenvalue weighted by Gasteiger charge is 2.52. The fourth-order valence-corrected chi connectivity index (χ4v) is 11.4. The molecular formula is C62H68B2N4. The number of rotatable bonds is 6. The Kier molecular flexibility index (Phi) is 10.2. The van der Waals surface area contributed by atoms with Crippen LogP contribution in [0.3, 0.4) is 0 Å². The van der Waals surface area contributed by atoms with E-state index in [1.807, 2.05) is 0 Å². The standard InChI is InChI=1S/C62H68B2N4/c1-37(2)41-15-23-47(24-16-41)65-57-29-21-45(61(9,10)11)33-59(57)67-55-27-19-43(39(5)6)31-51(55)49-36-54-50(35-53(49)63(65)67)52-32-44(40(7)8)20-28-56(52)68-60-34-46(62(12,13)14)22-30-58(60)66(64(54)68)48-25-17-42(18-26-48)38(3)4/h15-40H,1-14H3. The molecule has 0 atom stereocenters. The quantitative estimate of drug-likeness (QED) is 0.154. The Balaban J connectivity index is 1.23. The van der Waals surface area contributed by atoms with Gasteiger partial charge in [0, 0.05) is 33.9 Å². The van der Waals surface area contributed by atoms with Crippen LogP contribution >= 0.6 is 0 Å². The normalized spacial score (nSPS) is 14.7. The van der Waals surface area contributed by atoms with E-state index in [0.29, 0.717) is 23.7 Å². The molecule has 7 aromatic rings. The van der Waals surface area contributed by atoms with Gasteiger partial charge in [0.25, 0.3) is 0 Å². The van der Waals surface area contributed by atoms with Crippen molar-refractivity contribution < 1.29 is 0 Å². The summed E-state index contributed by atoms with van der Waals surface area (Å²) in [7, 11) is 0. The minimum Gasteiger partial charge on any atom is -0.360 e. The van der Waals surface area contributed by atoms with Crippen LogP contribution in [-0.4, -0.2) is 14.0 Å². The summed E-state index contributed by atoms with van der Waals surface area (Å²) in [5.41, 5.74) is 26.0. The molecule has 0 N–H and O–H groups in total. The maximum Gasteiger partial charge on any atom is 0.421 e. The van der Waals surface area contributed by atoms with Crippen molar-refractivity contribution in [2.75, 3.05) is 19.2 Å². The number of fused-ring (bicyclic) bond motifs is 16. The molecule has 7 aromatic carbocycles. The van der Waals surface area contributed by atoms with Crippen LogP contribution in [0.4, 0.5) is 45.5 Å². The predicted molar refractivity (Wildman–Crippen MR) is 296 cm³/mol. The van der Waals surface area contributed by atoms with Crippen molar-refractivity contribution in [1.29, 1.82) is 0 Å². The van der Waals surface area contributed by atoms with Crippen molar-refractivity contribution in [3.8, 4) is 22.3 Å². The van der Waals surface area contributed by atoms with Crippen molar-refractivity contribution in [2.24, 2.45) is 0 Å². The van der Waals surface area contributed by atoms with E-state index in [9.17, 15) is 0 Å². The summed E-state index contributed by atoms with van der Waals surface area (Å²) < 4.78 is 0. The van der Waals surface area contributed by atoms with Gasteiger partial charge in [-0.05, 0) is 163 Å². The van der Waals surface area contributed by atoms with E-state index in [1.165, 1.54) is 112 Å². The molecule has 0 amide bonds. The molecule has 4 nitrogen and oxygen atoms in total. The number of nitrogens with zero attached hydrogens (tertiary/aromatic N) is 4. The lowest BCUT2D eigenvalue weighted by atomic mass is 9.53. The van der Waals surface area contributed by atoms with Crippen molar-refractivity contribution in [3.05, 3.63) is 167 Å². The molecule has 0 aliphatic carbocycles. The molecule has 0 spiro atoms. The maximum atomic E-state index is 2.68. The first-order valence-electron chi connectivity index (χ1n) is 25.4. The van der Waals surface area contributed by atoms with Gasteiger partial charge in [-0.15, -0.1) is 0 Å². The third kappa shape index (κ3) is 6.86. The third-order valence-electron chi connectivity index (χ3n) is 15.6. The molecule has 6 heteroatoms. The summed E-state index contributed by atoms with van der Waals surface area (Å²) in [6.07, 6.45) is 0. The average Bonchev–Trinajstić information content (AvgIpc) is 3.84. The van der Waals surface area contributed by atoms with Gasteiger partial charge in [0.05, 0.1) is 22.7 Å². The van der Waals surface area contributed by atoms with E-state index in [2.05, 4.69) is 250 Å². The van der Waals surface area contributed by atoms with E-state index in [1.54, 1.807) is 0 Å². The molecule has 4 aliphatic heterocycles. The highest BCUT2D eigenvalue weighted by atomic mass is 15.3. The van der Waals surface area contributed by atoms with Crippen LogP contribution in [-0.2, 0) is 10.8 Å². The van der Waals surface area contributed by atoms with Crippen LogP contribution < -0.4 is 30.2 Å². The molecule has 0 saturated carbocycles. The Hall–Kier alpha value is -6.13. The highest BCUT2D eigenvalue weighted by molar-refractivity contribution is 6.89. The SMILES string of the molecule is CC(C)c1ccc(N2B3c4cc5c(cc4-c4cc(C(C)C)ccc4N3c3cc(C(C)(C)C)ccc32)B2N(c3ccc(C(C)C)cc3)c3ccc(C(C)(C)C)cc3N2c2ccc(C(C)C)cc2-5)cc1. The number of hydrogen-bond acceptors (Lipinski definition) is 4. The van der Waals surface area contributed by atoms with Gasteiger partial charge in [-0.3, -0.25) is 0 Å². The minimum atomic E-state index is -0.104. The Morgan fingerprint density at radius 3 is 0.956 bits per heavy atom. The number of benzene rings is 7. The van der Waals surface area contributed by atoms with Gasteiger partial charge in [-0.1, -0.05) is 158 Å². The lowest BCUT2D eigenvalue weighted by molar-refractivity contribution is 0.590. The van der Waals surface area contributed by atoms with Gasteiger partial charge in [0.2, 0.25) is 0 Å². The zero-order valence-corrected chi connectivity index (χ0v) is 43.0.